The lowest BCUT2D eigenvalue weighted by Gasteiger charge is -2.06. The third-order valence-electron chi connectivity index (χ3n) is 1.42. The number of hydrogen-bond acceptors (Lipinski definition) is 5. The second-order valence-electron chi connectivity index (χ2n) is 2.64. The fraction of sp³-hybridized carbons (Fsp3) is 0.625. The van der Waals surface area contributed by atoms with Crippen molar-refractivity contribution >= 4 is 23.6 Å². The number of aliphatic hydroxyl groups is 1. The first-order valence-corrected chi connectivity index (χ1v) is 5.35. The van der Waals surface area contributed by atoms with Gasteiger partial charge in [0.1, 0.15) is 0 Å². The van der Waals surface area contributed by atoms with Crippen molar-refractivity contribution in [1.29, 1.82) is 5.26 Å². The Hall–Kier alpha value is -1.26. The molecule has 0 rings (SSSR count). The Balaban J connectivity index is 3.47. The smallest absolute Gasteiger partial charge is 0.332 e. The van der Waals surface area contributed by atoms with Crippen molar-refractivity contribution in [2.45, 2.75) is 12.5 Å². The van der Waals surface area contributed by atoms with E-state index < -0.39 is 12.1 Å². The molecule has 84 valence electrons. The van der Waals surface area contributed by atoms with Crippen LogP contribution in [0.25, 0.3) is 0 Å². The molecule has 1 amide bonds. The average Bonchev–Trinajstić information content (AvgIpc) is 2.18. The summed E-state index contributed by atoms with van der Waals surface area (Å²) < 4.78 is 0. The van der Waals surface area contributed by atoms with E-state index in [4.69, 9.17) is 15.5 Å². The normalized spacial score (nSPS) is 11.5. The monoisotopic (exact) mass is 232 g/mol. The van der Waals surface area contributed by atoms with Gasteiger partial charge in [-0.15, -0.1) is 11.8 Å². The molecular weight excluding hydrogens is 220 g/mol. The quantitative estimate of drug-likeness (QED) is 0.495. The number of carboxylic acids is 1. The van der Waals surface area contributed by atoms with E-state index in [1.54, 1.807) is 0 Å². The maximum atomic E-state index is 11.0. The van der Waals surface area contributed by atoms with Crippen molar-refractivity contribution < 1.29 is 19.8 Å². The Bertz CT molecular complexity index is 264. The van der Waals surface area contributed by atoms with E-state index in [-0.39, 0.29) is 30.4 Å². The Morgan fingerprint density at radius 3 is 2.73 bits per heavy atom. The Morgan fingerprint density at radius 2 is 2.20 bits per heavy atom. The second-order valence-corrected chi connectivity index (χ2v) is 3.63. The van der Waals surface area contributed by atoms with Crippen LogP contribution >= 0.6 is 11.8 Å². The van der Waals surface area contributed by atoms with E-state index in [1.807, 2.05) is 6.07 Å². The number of amides is 1. The van der Waals surface area contributed by atoms with Crippen LogP contribution in [-0.4, -0.2) is 46.2 Å². The SMILES string of the molecule is N#CCSCC(=O)NCCC(O)C(=O)O. The largest absolute Gasteiger partial charge is 0.479 e. The highest BCUT2D eigenvalue weighted by Gasteiger charge is 2.12. The molecule has 7 heteroatoms. The van der Waals surface area contributed by atoms with Gasteiger partial charge < -0.3 is 15.5 Å². The minimum atomic E-state index is -1.45. The Labute approximate surface area is 91.3 Å². The van der Waals surface area contributed by atoms with Crippen molar-refractivity contribution in [2.24, 2.45) is 0 Å². The zero-order valence-corrected chi connectivity index (χ0v) is 8.79. The molecule has 0 aromatic heterocycles. The van der Waals surface area contributed by atoms with Gasteiger partial charge >= 0.3 is 5.97 Å². The van der Waals surface area contributed by atoms with Gasteiger partial charge in [-0.1, -0.05) is 0 Å². The third-order valence-corrected chi connectivity index (χ3v) is 2.22. The fourth-order valence-corrected chi connectivity index (χ4v) is 1.19. The molecule has 0 aliphatic carbocycles. The number of carbonyl (C=O) groups is 2. The van der Waals surface area contributed by atoms with Crippen LogP contribution in [0, 0.1) is 11.3 Å². The topological polar surface area (TPSA) is 110 Å². The zero-order chi connectivity index (χ0) is 11.7. The van der Waals surface area contributed by atoms with Gasteiger partial charge in [0.15, 0.2) is 6.10 Å². The molecule has 0 radical (unpaired) electrons. The maximum absolute atomic E-state index is 11.0. The number of rotatable bonds is 7. The third kappa shape index (κ3) is 7.78. The summed E-state index contributed by atoms with van der Waals surface area (Å²) in [5, 5.41) is 27.8. The molecule has 0 fully saturated rings. The second kappa shape index (κ2) is 8.08. The van der Waals surface area contributed by atoms with Crippen molar-refractivity contribution in [3.63, 3.8) is 0 Å². The van der Waals surface area contributed by atoms with Gasteiger partial charge in [-0.05, 0) is 0 Å². The minimum absolute atomic E-state index is 0.0238. The van der Waals surface area contributed by atoms with Crippen LogP contribution in [-0.2, 0) is 9.59 Å². The van der Waals surface area contributed by atoms with Gasteiger partial charge in [-0.2, -0.15) is 5.26 Å². The summed E-state index contributed by atoms with van der Waals surface area (Å²) in [6.45, 7) is 0.111. The molecule has 0 saturated carbocycles. The highest BCUT2D eigenvalue weighted by atomic mass is 32.2. The molecule has 6 nitrogen and oxygen atoms in total. The van der Waals surface area contributed by atoms with Crippen LogP contribution in [0.3, 0.4) is 0 Å². The fourth-order valence-electron chi connectivity index (χ4n) is 0.712. The van der Waals surface area contributed by atoms with Crippen molar-refractivity contribution in [3.05, 3.63) is 0 Å². The van der Waals surface area contributed by atoms with Crippen LogP contribution in [0.2, 0.25) is 0 Å². The van der Waals surface area contributed by atoms with E-state index >= 15 is 0 Å². The van der Waals surface area contributed by atoms with Crippen molar-refractivity contribution in [3.8, 4) is 6.07 Å². The summed E-state index contributed by atoms with van der Waals surface area (Å²) in [5.74, 6) is -1.17. The standard InChI is InChI=1S/C8H12N2O4S/c9-2-4-15-5-7(12)10-3-1-6(11)8(13)14/h6,11H,1,3-5H2,(H,10,12)(H,13,14). The first kappa shape index (κ1) is 13.7. The molecule has 0 aliphatic heterocycles. The highest BCUT2D eigenvalue weighted by molar-refractivity contribution is 8.00. The summed E-state index contributed by atoms with van der Waals surface area (Å²) in [7, 11) is 0. The predicted octanol–water partition coefficient (Wildman–Crippen LogP) is -0.805. The number of nitrogens with zero attached hydrogens (tertiary/aromatic N) is 1. The van der Waals surface area contributed by atoms with E-state index in [9.17, 15) is 9.59 Å². The molecule has 1 unspecified atom stereocenters. The number of carbonyl (C=O) groups excluding carboxylic acids is 1. The number of aliphatic hydroxyl groups excluding tert-OH is 1. The lowest BCUT2D eigenvalue weighted by atomic mass is 10.2. The van der Waals surface area contributed by atoms with Crippen molar-refractivity contribution in [2.75, 3.05) is 18.1 Å². The van der Waals surface area contributed by atoms with Gasteiger partial charge in [0.05, 0.1) is 17.6 Å². The van der Waals surface area contributed by atoms with Crippen molar-refractivity contribution in [1.82, 2.24) is 5.32 Å². The van der Waals surface area contributed by atoms with Crippen LogP contribution in [0.5, 0.6) is 0 Å². The molecule has 0 saturated heterocycles. The number of nitrogens with one attached hydrogen (secondary N) is 1. The number of hydrogen-bond donors (Lipinski definition) is 3. The highest BCUT2D eigenvalue weighted by Crippen LogP contribution is 1.97. The number of carboxylic acid groups (broad SMARTS) is 1. The summed E-state index contributed by atoms with van der Waals surface area (Å²) in [6.07, 6.45) is -1.47. The molecule has 0 heterocycles. The molecule has 3 N–H and O–H groups in total. The maximum Gasteiger partial charge on any atom is 0.332 e. The van der Waals surface area contributed by atoms with Crippen LogP contribution in [0.15, 0.2) is 0 Å². The van der Waals surface area contributed by atoms with Crippen LogP contribution < -0.4 is 5.32 Å². The molecule has 1 atom stereocenters. The van der Waals surface area contributed by atoms with Gasteiger partial charge in [0.2, 0.25) is 5.91 Å². The zero-order valence-electron chi connectivity index (χ0n) is 7.97. The molecular formula is C8H12N2O4S. The van der Waals surface area contributed by atoms with Crippen LogP contribution in [0.1, 0.15) is 6.42 Å². The van der Waals surface area contributed by atoms with Gasteiger partial charge in [-0.3, -0.25) is 4.79 Å². The van der Waals surface area contributed by atoms with Crippen LogP contribution in [0.4, 0.5) is 0 Å². The van der Waals surface area contributed by atoms with E-state index in [1.165, 1.54) is 11.8 Å². The Morgan fingerprint density at radius 1 is 1.53 bits per heavy atom. The molecule has 0 spiro atoms. The lowest BCUT2D eigenvalue weighted by Crippen LogP contribution is -2.31. The molecule has 0 aromatic rings. The van der Waals surface area contributed by atoms with Gasteiger partial charge in [-0.25, -0.2) is 4.79 Å². The molecule has 15 heavy (non-hydrogen) atoms. The van der Waals surface area contributed by atoms with E-state index in [2.05, 4.69) is 5.32 Å². The molecule has 0 aromatic carbocycles. The predicted molar refractivity (Wildman–Crippen MR) is 54.2 cm³/mol. The number of thioether (sulfide) groups is 1. The number of nitriles is 1. The molecule has 0 aliphatic rings. The lowest BCUT2D eigenvalue weighted by molar-refractivity contribution is -0.147. The summed E-state index contributed by atoms with van der Waals surface area (Å²) >= 11 is 1.17. The van der Waals surface area contributed by atoms with Gasteiger partial charge in [0.25, 0.3) is 0 Å². The minimum Gasteiger partial charge on any atom is -0.479 e. The average molecular weight is 232 g/mol. The summed E-state index contributed by atoms with van der Waals surface area (Å²) in [5.41, 5.74) is 0. The summed E-state index contributed by atoms with van der Waals surface area (Å²) in [4.78, 5) is 21.2. The Kier molecular flexibility index (Phi) is 7.40. The number of aliphatic carboxylic acids is 1. The molecule has 0 bridgehead atoms. The van der Waals surface area contributed by atoms with E-state index in [0.717, 1.165) is 0 Å². The first-order chi connectivity index (χ1) is 7.07. The summed E-state index contributed by atoms with van der Waals surface area (Å²) in [6, 6.07) is 1.88. The first-order valence-electron chi connectivity index (χ1n) is 4.20. The van der Waals surface area contributed by atoms with E-state index in [0.29, 0.717) is 0 Å². The van der Waals surface area contributed by atoms with Gasteiger partial charge in [0, 0.05) is 13.0 Å².